The molecule has 0 radical (unpaired) electrons. The van der Waals surface area contributed by atoms with Crippen LogP contribution in [0.25, 0.3) is 4.96 Å². The Bertz CT molecular complexity index is 897. The zero-order valence-electron chi connectivity index (χ0n) is 13.1. The van der Waals surface area contributed by atoms with Gasteiger partial charge in [-0.3, -0.25) is 4.79 Å². The van der Waals surface area contributed by atoms with Crippen molar-refractivity contribution in [1.29, 1.82) is 0 Å². The molecule has 0 saturated heterocycles. The highest BCUT2D eigenvalue weighted by Crippen LogP contribution is 2.21. The quantitative estimate of drug-likeness (QED) is 0.746. The van der Waals surface area contributed by atoms with Gasteiger partial charge in [0.15, 0.2) is 0 Å². The maximum absolute atomic E-state index is 12.1. The van der Waals surface area contributed by atoms with Gasteiger partial charge in [0, 0.05) is 18.8 Å². The van der Waals surface area contributed by atoms with Gasteiger partial charge in [0.2, 0.25) is 4.96 Å². The first-order chi connectivity index (χ1) is 10.4. The third-order valence-electron chi connectivity index (χ3n) is 3.56. The fourth-order valence-electron chi connectivity index (χ4n) is 2.59. The predicted octanol–water partition coefficient (Wildman–Crippen LogP) is 2.71. The number of hydrogen-bond donors (Lipinski definition) is 0. The van der Waals surface area contributed by atoms with E-state index in [9.17, 15) is 4.79 Å². The van der Waals surface area contributed by atoms with Crippen molar-refractivity contribution in [3.05, 3.63) is 56.4 Å². The Hall–Kier alpha value is -2.21. The number of aryl methyl sites for hydroxylation is 3. The summed E-state index contributed by atoms with van der Waals surface area (Å²) in [5, 5.41) is 5.00. The number of nitrogens with zero attached hydrogens (tertiary/aromatic N) is 4. The molecule has 0 N–H and O–H groups in total. The van der Waals surface area contributed by atoms with Crippen LogP contribution in [0, 0.1) is 20.8 Å². The average Bonchev–Trinajstić information content (AvgIpc) is 2.79. The molecule has 6 heteroatoms. The van der Waals surface area contributed by atoms with Crippen molar-refractivity contribution in [3.8, 4) is 0 Å². The molecule has 0 atom stereocenters. The van der Waals surface area contributed by atoms with Gasteiger partial charge in [-0.15, -0.1) is 0 Å². The average molecular weight is 314 g/mol. The number of anilines is 1. The zero-order valence-corrected chi connectivity index (χ0v) is 13.9. The maximum Gasteiger partial charge on any atom is 0.275 e. The van der Waals surface area contributed by atoms with Crippen LogP contribution in [0.5, 0.6) is 0 Å². The summed E-state index contributed by atoms with van der Waals surface area (Å²) < 4.78 is 1.36. The first kappa shape index (κ1) is 14.7. The van der Waals surface area contributed by atoms with Crippen LogP contribution >= 0.6 is 11.3 Å². The number of aromatic nitrogens is 3. The fraction of sp³-hybridized carbons (Fsp3) is 0.312. The van der Waals surface area contributed by atoms with Crippen molar-refractivity contribution >= 4 is 22.0 Å². The van der Waals surface area contributed by atoms with Crippen LogP contribution in [-0.2, 0) is 6.54 Å². The predicted molar refractivity (Wildman–Crippen MR) is 89.9 cm³/mol. The minimum Gasteiger partial charge on any atom is -0.368 e. The summed E-state index contributed by atoms with van der Waals surface area (Å²) in [6.07, 6.45) is 0. The molecule has 0 amide bonds. The van der Waals surface area contributed by atoms with Gasteiger partial charge in [0.25, 0.3) is 5.56 Å². The summed E-state index contributed by atoms with van der Waals surface area (Å²) >= 11 is 1.43. The van der Waals surface area contributed by atoms with E-state index in [-0.39, 0.29) is 5.56 Å². The van der Waals surface area contributed by atoms with Gasteiger partial charge < -0.3 is 4.90 Å². The van der Waals surface area contributed by atoms with Crippen LogP contribution in [-0.4, -0.2) is 21.6 Å². The Labute approximate surface area is 132 Å². The standard InChI is InChI=1S/C16H18N4OS/c1-10-5-6-14(11(2)7-10)19(4)9-13-8-15(21)20-16(17-13)22-12(3)18-20/h5-8H,9H2,1-4H3. The van der Waals surface area contributed by atoms with Crippen LogP contribution in [0.15, 0.2) is 29.1 Å². The Balaban J connectivity index is 1.93. The van der Waals surface area contributed by atoms with Gasteiger partial charge in [-0.2, -0.15) is 9.61 Å². The van der Waals surface area contributed by atoms with Crippen molar-refractivity contribution in [2.24, 2.45) is 0 Å². The zero-order chi connectivity index (χ0) is 15.9. The second kappa shape index (κ2) is 5.53. The number of fused-ring (bicyclic) bond motifs is 1. The van der Waals surface area contributed by atoms with E-state index < -0.39 is 0 Å². The number of hydrogen-bond acceptors (Lipinski definition) is 5. The highest BCUT2D eigenvalue weighted by molar-refractivity contribution is 7.16. The lowest BCUT2D eigenvalue weighted by Crippen LogP contribution is -2.22. The second-order valence-corrected chi connectivity index (χ2v) is 6.71. The molecule has 3 aromatic rings. The number of rotatable bonds is 3. The molecule has 0 unspecified atom stereocenters. The molecule has 0 aliphatic heterocycles. The van der Waals surface area contributed by atoms with Crippen LogP contribution in [0.2, 0.25) is 0 Å². The normalized spacial score (nSPS) is 11.1. The highest BCUT2D eigenvalue weighted by atomic mass is 32.1. The minimum atomic E-state index is -0.127. The molecule has 5 nitrogen and oxygen atoms in total. The monoisotopic (exact) mass is 314 g/mol. The van der Waals surface area contributed by atoms with Gasteiger partial charge in [-0.05, 0) is 32.4 Å². The smallest absolute Gasteiger partial charge is 0.275 e. The lowest BCUT2D eigenvalue weighted by atomic mass is 10.1. The van der Waals surface area contributed by atoms with E-state index in [1.807, 2.05) is 14.0 Å². The van der Waals surface area contributed by atoms with Crippen molar-refractivity contribution < 1.29 is 0 Å². The van der Waals surface area contributed by atoms with E-state index in [0.717, 1.165) is 16.4 Å². The summed E-state index contributed by atoms with van der Waals surface area (Å²) in [7, 11) is 2.01. The highest BCUT2D eigenvalue weighted by Gasteiger charge is 2.10. The van der Waals surface area contributed by atoms with E-state index >= 15 is 0 Å². The van der Waals surface area contributed by atoms with Crippen LogP contribution in [0.3, 0.4) is 0 Å². The molecule has 0 fully saturated rings. The third kappa shape index (κ3) is 2.74. The fourth-order valence-corrected chi connectivity index (χ4v) is 3.36. The second-order valence-electron chi connectivity index (χ2n) is 5.55. The van der Waals surface area contributed by atoms with E-state index in [1.165, 1.54) is 27.0 Å². The lowest BCUT2D eigenvalue weighted by molar-refractivity contribution is 0.833. The van der Waals surface area contributed by atoms with Gasteiger partial charge >= 0.3 is 0 Å². The molecule has 2 aromatic heterocycles. The molecule has 0 bridgehead atoms. The molecule has 0 aliphatic rings. The molecule has 114 valence electrons. The summed E-state index contributed by atoms with van der Waals surface area (Å²) in [5.41, 5.74) is 4.24. The van der Waals surface area contributed by atoms with Crippen molar-refractivity contribution in [1.82, 2.24) is 14.6 Å². The van der Waals surface area contributed by atoms with Crippen LogP contribution in [0.1, 0.15) is 21.8 Å². The molecule has 22 heavy (non-hydrogen) atoms. The summed E-state index contributed by atoms with van der Waals surface area (Å²) in [4.78, 5) is 19.4. The Morgan fingerprint density at radius 2 is 2.00 bits per heavy atom. The van der Waals surface area contributed by atoms with Gasteiger partial charge in [0.05, 0.1) is 12.2 Å². The summed E-state index contributed by atoms with van der Waals surface area (Å²) in [6, 6.07) is 7.92. The summed E-state index contributed by atoms with van der Waals surface area (Å²) in [6.45, 7) is 6.64. The van der Waals surface area contributed by atoms with E-state index in [0.29, 0.717) is 11.5 Å². The van der Waals surface area contributed by atoms with E-state index in [4.69, 9.17) is 0 Å². The van der Waals surface area contributed by atoms with Crippen molar-refractivity contribution in [2.75, 3.05) is 11.9 Å². The van der Waals surface area contributed by atoms with E-state index in [1.54, 1.807) is 6.07 Å². The Morgan fingerprint density at radius 1 is 1.23 bits per heavy atom. The van der Waals surface area contributed by atoms with E-state index in [2.05, 4.69) is 47.0 Å². The van der Waals surface area contributed by atoms with Crippen molar-refractivity contribution in [2.45, 2.75) is 27.3 Å². The lowest BCUT2D eigenvalue weighted by Gasteiger charge is -2.21. The first-order valence-electron chi connectivity index (χ1n) is 7.09. The molecule has 0 spiro atoms. The third-order valence-corrected chi connectivity index (χ3v) is 4.39. The first-order valence-corrected chi connectivity index (χ1v) is 7.90. The molecular formula is C16H18N4OS. The van der Waals surface area contributed by atoms with Gasteiger partial charge in [0.1, 0.15) is 5.01 Å². The van der Waals surface area contributed by atoms with Gasteiger partial charge in [-0.1, -0.05) is 29.0 Å². The van der Waals surface area contributed by atoms with Crippen LogP contribution < -0.4 is 10.5 Å². The molecule has 2 heterocycles. The number of benzene rings is 1. The topological polar surface area (TPSA) is 50.5 Å². The molecule has 0 aliphatic carbocycles. The van der Waals surface area contributed by atoms with Crippen molar-refractivity contribution in [3.63, 3.8) is 0 Å². The van der Waals surface area contributed by atoms with Crippen LogP contribution in [0.4, 0.5) is 5.69 Å². The molecule has 3 rings (SSSR count). The largest absolute Gasteiger partial charge is 0.368 e. The molecule has 1 aromatic carbocycles. The minimum absolute atomic E-state index is 0.127. The molecular weight excluding hydrogens is 296 g/mol. The maximum atomic E-state index is 12.1. The Kier molecular flexibility index (Phi) is 3.70. The Morgan fingerprint density at radius 3 is 2.73 bits per heavy atom. The summed E-state index contributed by atoms with van der Waals surface area (Å²) in [5.74, 6) is 0. The molecule has 0 saturated carbocycles. The van der Waals surface area contributed by atoms with Gasteiger partial charge in [-0.25, -0.2) is 4.98 Å². The SMILES string of the molecule is Cc1ccc(N(C)Cc2cc(=O)n3nc(C)sc3n2)c(C)c1.